The van der Waals surface area contributed by atoms with E-state index in [-0.39, 0.29) is 12.0 Å². The second-order valence-corrected chi connectivity index (χ2v) is 6.19. The quantitative estimate of drug-likeness (QED) is 0.873. The molecular formula is C18H23NO4. The maximum absolute atomic E-state index is 12.7. The van der Waals surface area contributed by atoms with Gasteiger partial charge in [-0.3, -0.25) is 4.79 Å². The van der Waals surface area contributed by atoms with Crippen LogP contribution < -0.4 is 0 Å². The highest BCUT2D eigenvalue weighted by Gasteiger charge is 2.25. The maximum Gasteiger partial charge on any atom is 0.289 e. The van der Waals surface area contributed by atoms with Crippen LogP contribution in [0.2, 0.25) is 0 Å². The molecule has 0 radical (unpaired) electrons. The van der Waals surface area contributed by atoms with Gasteiger partial charge in [-0.05, 0) is 31.9 Å². The van der Waals surface area contributed by atoms with Crippen molar-refractivity contribution in [1.29, 1.82) is 0 Å². The molecule has 124 valence electrons. The number of benzene rings is 1. The Kier molecular flexibility index (Phi) is 4.41. The fourth-order valence-electron chi connectivity index (χ4n) is 2.93. The Balaban J connectivity index is 1.85. The van der Waals surface area contributed by atoms with E-state index < -0.39 is 0 Å². The van der Waals surface area contributed by atoms with E-state index in [1.807, 2.05) is 26.8 Å². The molecule has 0 N–H and O–H groups in total. The van der Waals surface area contributed by atoms with Gasteiger partial charge >= 0.3 is 0 Å². The van der Waals surface area contributed by atoms with Gasteiger partial charge in [0, 0.05) is 24.5 Å². The highest BCUT2D eigenvalue weighted by Crippen LogP contribution is 2.30. The summed E-state index contributed by atoms with van der Waals surface area (Å²) in [7, 11) is 1.77. The molecule has 5 nitrogen and oxygen atoms in total. The lowest BCUT2D eigenvalue weighted by atomic mass is 10.0. The molecule has 1 fully saturated rings. The van der Waals surface area contributed by atoms with Gasteiger partial charge in [0.1, 0.15) is 5.58 Å². The van der Waals surface area contributed by atoms with Crippen LogP contribution in [0.25, 0.3) is 11.0 Å². The summed E-state index contributed by atoms with van der Waals surface area (Å²) in [6.07, 6.45) is -0.0774. The van der Waals surface area contributed by atoms with Gasteiger partial charge in [0.15, 0.2) is 5.76 Å². The smallest absolute Gasteiger partial charge is 0.289 e. The first kappa shape index (κ1) is 16.0. The Morgan fingerprint density at radius 2 is 2.00 bits per heavy atom. The molecule has 0 unspecified atom stereocenters. The van der Waals surface area contributed by atoms with Crippen molar-refractivity contribution in [3.8, 4) is 0 Å². The van der Waals surface area contributed by atoms with Gasteiger partial charge in [-0.25, -0.2) is 0 Å². The van der Waals surface area contributed by atoms with E-state index in [0.717, 1.165) is 27.7 Å². The highest BCUT2D eigenvalue weighted by atomic mass is 16.6. The molecule has 1 aliphatic heterocycles. The Bertz CT molecular complexity index is 728. The van der Waals surface area contributed by atoms with Gasteiger partial charge in [-0.2, -0.15) is 0 Å². The zero-order chi connectivity index (χ0) is 16.6. The van der Waals surface area contributed by atoms with E-state index in [1.54, 1.807) is 11.9 Å². The number of carbonyl (C=O) groups is 1. The van der Waals surface area contributed by atoms with E-state index in [2.05, 4.69) is 6.07 Å². The van der Waals surface area contributed by atoms with Crippen LogP contribution in [-0.2, 0) is 9.47 Å². The van der Waals surface area contributed by atoms with Gasteiger partial charge in [0.2, 0.25) is 0 Å². The minimum atomic E-state index is -0.120. The average Bonchev–Trinajstić information content (AvgIpc) is 2.89. The standard InChI is InChI=1S/C18H23NO4/c1-11-5-6-15-13(3)17(23-16(15)12(11)2)18(20)19(4)9-14-10-21-7-8-22-14/h5-6,14H,7-10H2,1-4H3/t14-/m0/s1. The van der Waals surface area contributed by atoms with Crippen molar-refractivity contribution >= 4 is 16.9 Å². The molecule has 1 aromatic heterocycles. The van der Waals surface area contributed by atoms with Gasteiger partial charge < -0.3 is 18.8 Å². The maximum atomic E-state index is 12.7. The molecule has 3 rings (SSSR count). The monoisotopic (exact) mass is 317 g/mol. The second kappa shape index (κ2) is 6.34. The number of furan rings is 1. The molecule has 2 heterocycles. The number of ether oxygens (including phenoxy) is 2. The van der Waals surface area contributed by atoms with Crippen molar-refractivity contribution in [2.45, 2.75) is 26.9 Å². The van der Waals surface area contributed by atoms with E-state index in [4.69, 9.17) is 13.9 Å². The topological polar surface area (TPSA) is 51.9 Å². The molecule has 2 aromatic rings. The third-order valence-electron chi connectivity index (χ3n) is 4.53. The molecule has 5 heteroatoms. The first-order chi connectivity index (χ1) is 11.0. The third kappa shape index (κ3) is 2.99. The largest absolute Gasteiger partial charge is 0.450 e. The Morgan fingerprint density at radius 3 is 2.70 bits per heavy atom. The third-order valence-corrected chi connectivity index (χ3v) is 4.53. The minimum absolute atomic E-state index is 0.0774. The van der Waals surface area contributed by atoms with Crippen molar-refractivity contribution < 1.29 is 18.7 Å². The first-order valence-electron chi connectivity index (χ1n) is 7.93. The van der Waals surface area contributed by atoms with Crippen molar-refractivity contribution in [2.75, 3.05) is 33.4 Å². The lowest BCUT2D eigenvalue weighted by molar-refractivity contribution is -0.0934. The van der Waals surface area contributed by atoms with Crippen LogP contribution in [0.5, 0.6) is 0 Å². The lowest BCUT2D eigenvalue weighted by Crippen LogP contribution is -2.40. The summed E-state index contributed by atoms with van der Waals surface area (Å²) < 4.78 is 16.9. The predicted octanol–water partition coefficient (Wildman–Crippen LogP) is 2.85. The van der Waals surface area contributed by atoms with Gasteiger partial charge in [-0.15, -0.1) is 0 Å². The molecule has 0 spiro atoms. The van der Waals surface area contributed by atoms with Gasteiger partial charge in [0.05, 0.1) is 25.9 Å². The van der Waals surface area contributed by atoms with Crippen molar-refractivity contribution in [2.24, 2.45) is 0 Å². The molecule has 1 aliphatic rings. The van der Waals surface area contributed by atoms with E-state index in [1.165, 1.54) is 0 Å². The number of hydrogen-bond acceptors (Lipinski definition) is 4. The van der Waals surface area contributed by atoms with Crippen molar-refractivity contribution in [3.05, 3.63) is 34.6 Å². The van der Waals surface area contributed by atoms with E-state index >= 15 is 0 Å². The van der Waals surface area contributed by atoms with Crippen LogP contribution in [0.4, 0.5) is 0 Å². The Hall–Kier alpha value is -1.85. The predicted molar refractivity (Wildman–Crippen MR) is 87.9 cm³/mol. The molecule has 0 bridgehead atoms. The van der Waals surface area contributed by atoms with Crippen LogP contribution in [0, 0.1) is 20.8 Å². The van der Waals surface area contributed by atoms with Crippen LogP contribution >= 0.6 is 0 Å². The Morgan fingerprint density at radius 1 is 1.22 bits per heavy atom. The molecule has 0 saturated carbocycles. The minimum Gasteiger partial charge on any atom is -0.450 e. The summed E-state index contributed by atoms with van der Waals surface area (Å²) >= 11 is 0. The van der Waals surface area contributed by atoms with Crippen LogP contribution in [-0.4, -0.2) is 50.3 Å². The summed E-state index contributed by atoms with van der Waals surface area (Å²) in [5.41, 5.74) is 3.93. The van der Waals surface area contributed by atoms with Gasteiger partial charge in [-0.1, -0.05) is 12.1 Å². The molecule has 1 amide bonds. The molecule has 0 aliphatic carbocycles. The molecule has 1 aromatic carbocycles. The molecular weight excluding hydrogens is 294 g/mol. The van der Waals surface area contributed by atoms with Crippen molar-refractivity contribution in [3.63, 3.8) is 0 Å². The fourth-order valence-corrected chi connectivity index (χ4v) is 2.93. The highest BCUT2D eigenvalue weighted by molar-refractivity contribution is 5.99. The van der Waals surface area contributed by atoms with E-state index in [0.29, 0.717) is 32.1 Å². The first-order valence-corrected chi connectivity index (χ1v) is 7.93. The zero-order valence-corrected chi connectivity index (χ0v) is 14.1. The summed E-state index contributed by atoms with van der Waals surface area (Å²) in [6, 6.07) is 4.08. The van der Waals surface area contributed by atoms with Crippen LogP contribution in [0.1, 0.15) is 27.2 Å². The number of amides is 1. The number of hydrogen-bond donors (Lipinski definition) is 0. The summed E-state index contributed by atoms with van der Waals surface area (Å²) in [4.78, 5) is 14.4. The number of likely N-dealkylation sites (N-methyl/N-ethyl adjacent to an activating group) is 1. The van der Waals surface area contributed by atoms with Crippen molar-refractivity contribution in [1.82, 2.24) is 4.90 Å². The van der Waals surface area contributed by atoms with Gasteiger partial charge in [0.25, 0.3) is 5.91 Å². The summed E-state index contributed by atoms with van der Waals surface area (Å²) in [5.74, 6) is 0.290. The number of rotatable bonds is 3. The molecule has 1 atom stereocenters. The second-order valence-electron chi connectivity index (χ2n) is 6.19. The summed E-state index contributed by atoms with van der Waals surface area (Å²) in [6.45, 7) is 8.21. The number of carbonyl (C=O) groups excluding carboxylic acids is 1. The van der Waals surface area contributed by atoms with Crippen LogP contribution in [0.3, 0.4) is 0 Å². The molecule has 1 saturated heterocycles. The normalized spacial score (nSPS) is 18.3. The fraction of sp³-hybridized carbons (Fsp3) is 0.500. The van der Waals surface area contributed by atoms with Crippen LogP contribution in [0.15, 0.2) is 16.5 Å². The number of nitrogens with zero attached hydrogens (tertiary/aromatic N) is 1. The summed E-state index contributed by atoms with van der Waals surface area (Å²) in [5, 5.41) is 1.00. The zero-order valence-electron chi connectivity index (χ0n) is 14.1. The van der Waals surface area contributed by atoms with E-state index in [9.17, 15) is 4.79 Å². The Labute approximate surface area is 136 Å². The SMILES string of the molecule is Cc1ccc2c(C)c(C(=O)N(C)C[C@H]3COCCO3)oc2c1C. The lowest BCUT2D eigenvalue weighted by Gasteiger charge is -2.27. The number of fused-ring (bicyclic) bond motifs is 1. The number of aryl methyl sites for hydroxylation is 3. The molecule has 23 heavy (non-hydrogen) atoms. The average molecular weight is 317 g/mol.